The minimum Gasteiger partial charge on any atom is -0.358 e. The number of hydrogen-bond donors (Lipinski definition) is 2. The van der Waals surface area contributed by atoms with Crippen LogP contribution >= 0.6 is 0 Å². The second-order valence-electron chi connectivity index (χ2n) is 4.24. The first-order valence-corrected chi connectivity index (χ1v) is 5.87. The van der Waals surface area contributed by atoms with E-state index in [2.05, 4.69) is 15.3 Å². The summed E-state index contributed by atoms with van der Waals surface area (Å²) in [6.45, 7) is -0.0341. The van der Waals surface area contributed by atoms with Gasteiger partial charge in [-0.05, 0) is 6.07 Å². The van der Waals surface area contributed by atoms with Crippen LogP contribution in [0.15, 0.2) is 35.4 Å². The van der Waals surface area contributed by atoms with Crippen LogP contribution < -0.4 is 10.9 Å². The Morgan fingerprint density at radius 2 is 2.21 bits per heavy atom. The van der Waals surface area contributed by atoms with Crippen LogP contribution in [0.4, 0.5) is 0 Å². The third kappa shape index (κ3) is 1.77. The van der Waals surface area contributed by atoms with Crippen molar-refractivity contribution < 1.29 is 4.79 Å². The molecule has 19 heavy (non-hydrogen) atoms. The first kappa shape index (κ1) is 11.5. The number of fused-ring (bicyclic) bond motifs is 3. The van der Waals surface area contributed by atoms with E-state index in [1.54, 1.807) is 0 Å². The number of likely N-dealkylation sites (N-methyl/N-ethyl adjacent to an activating group) is 1. The molecule has 0 fully saturated rings. The molecule has 2 heterocycles. The molecule has 2 aromatic heterocycles. The molecule has 2 N–H and O–H groups in total. The molecule has 1 amide bonds. The molecule has 1 aromatic carbocycles. The summed E-state index contributed by atoms with van der Waals surface area (Å²) in [4.78, 5) is 30.9. The Bertz CT molecular complexity index is 831. The highest BCUT2D eigenvalue weighted by atomic mass is 16.2. The summed E-state index contributed by atoms with van der Waals surface area (Å²) in [7, 11) is 1.53. The number of H-pyrrole nitrogens is 1. The molecule has 3 aromatic rings. The first-order valence-electron chi connectivity index (χ1n) is 5.87. The monoisotopic (exact) mass is 256 g/mol. The van der Waals surface area contributed by atoms with E-state index >= 15 is 0 Å². The minimum atomic E-state index is -0.246. The van der Waals surface area contributed by atoms with E-state index in [-0.39, 0.29) is 18.0 Å². The molecule has 0 saturated carbocycles. The van der Waals surface area contributed by atoms with Crippen LogP contribution in [0.3, 0.4) is 0 Å². The highest BCUT2D eigenvalue weighted by Crippen LogP contribution is 2.20. The van der Waals surface area contributed by atoms with Crippen LogP contribution in [0.1, 0.15) is 0 Å². The van der Waals surface area contributed by atoms with Gasteiger partial charge in [0.2, 0.25) is 5.91 Å². The fraction of sp³-hybridized carbons (Fsp3) is 0.154. The lowest BCUT2D eigenvalue weighted by molar-refractivity contribution is -0.121. The zero-order chi connectivity index (χ0) is 13.4. The van der Waals surface area contributed by atoms with Gasteiger partial charge in [-0.2, -0.15) is 0 Å². The van der Waals surface area contributed by atoms with Crippen LogP contribution in [0.25, 0.3) is 21.9 Å². The summed E-state index contributed by atoms with van der Waals surface area (Å²) in [5, 5.41) is 3.38. The van der Waals surface area contributed by atoms with Crippen molar-refractivity contribution in [3.63, 3.8) is 0 Å². The van der Waals surface area contributed by atoms with E-state index in [4.69, 9.17) is 0 Å². The summed E-state index contributed by atoms with van der Waals surface area (Å²) < 4.78 is 1.29. The zero-order valence-corrected chi connectivity index (χ0v) is 10.3. The number of nitrogens with zero attached hydrogens (tertiary/aromatic N) is 2. The maximum atomic E-state index is 12.3. The van der Waals surface area contributed by atoms with Crippen molar-refractivity contribution in [3.8, 4) is 0 Å². The number of hydrogen-bond acceptors (Lipinski definition) is 3. The lowest BCUT2D eigenvalue weighted by atomic mass is 10.2. The van der Waals surface area contributed by atoms with E-state index in [9.17, 15) is 9.59 Å². The maximum Gasteiger partial charge on any atom is 0.278 e. The molecule has 0 spiro atoms. The van der Waals surface area contributed by atoms with Crippen molar-refractivity contribution in [2.75, 3.05) is 7.05 Å². The van der Waals surface area contributed by atoms with Crippen molar-refractivity contribution in [2.45, 2.75) is 6.54 Å². The SMILES string of the molecule is CNC(=O)Cn1cnc2c([nH]c3ccccc32)c1=O. The maximum absolute atomic E-state index is 12.3. The fourth-order valence-electron chi connectivity index (χ4n) is 2.09. The third-order valence-corrected chi connectivity index (χ3v) is 3.07. The average molecular weight is 256 g/mol. The van der Waals surface area contributed by atoms with Crippen molar-refractivity contribution in [1.29, 1.82) is 0 Å². The Kier molecular flexibility index (Phi) is 2.56. The number of amides is 1. The Balaban J connectivity index is 2.25. The van der Waals surface area contributed by atoms with Gasteiger partial charge >= 0.3 is 0 Å². The van der Waals surface area contributed by atoms with Gasteiger partial charge in [0.05, 0.1) is 6.33 Å². The summed E-state index contributed by atoms with van der Waals surface area (Å²) >= 11 is 0. The number of rotatable bonds is 2. The predicted octanol–water partition coefficient (Wildman–Crippen LogP) is 0.624. The van der Waals surface area contributed by atoms with Crippen LogP contribution in [-0.2, 0) is 11.3 Å². The molecule has 0 atom stereocenters. The number of carbonyl (C=O) groups excluding carboxylic acids is 1. The largest absolute Gasteiger partial charge is 0.358 e. The van der Waals surface area contributed by atoms with Gasteiger partial charge in [-0.25, -0.2) is 4.98 Å². The van der Waals surface area contributed by atoms with Crippen LogP contribution in [0.5, 0.6) is 0 Å². The smallest absolute Gasteiger partial charge is 0.278 e. The molecule has 6 heteroatoms. The molecule has 96 valence electrons. The highest BCUT2D eigenvalue weighted by molar-refractivity contribution is 6.04. The fourth-order valence-corrected chi connectivity index (χ4v) is 2.09. The van der Waals surface area contributed by atoms with Crippen molar-refractivity contribution in [2.24, 2.45) is 0 Å². The summed E-state index contributed by atoms with van der Waals surface area (Å²) in [5.74, 6) is -0.237. The molecule has 3 rings (SSSR count). The van der Waals surface area contributed by atoms with E-state index in [1.807, 2.05) is 24.3 Å². The topological polar surface area (TPSA) is 79.8 Å². The Hall–Kier alpha value is -2.63. The van der Waals surface area contributed by atoms with Gasteiger partial charge in [0, 0.05) is 18.0 Å². The molecule has 0 radical (unpaired) electrons. The lowest BCUT2D eigenvalue weighted by Gasteiger charge is -2.03. The quantitative estimate of drug-likeness (QED) is 0.705. The molecule has 0 aliphatic rings. The molecular weight excluding hydrogens is 244 g/mol. The van der Waals surface area contributed by atoms with Gasteiger partial charge in [-0.1, -0.05) is 18.2 Å². The summed E-state index contributed by atoms with van der Waals surface area (Å²) in [6.07, 6.45) is 1.40. The molecule has 0 unspecified atom stereocenters. The summed E-state index contributed by atoms with van der Waals surface area (Å²) in [5.41, 5.74) is 1.67. The molecule has 0 aliphatic carbocycles. The third-order valence-electron chi connectivity index (χ3n) is 3.07. The molecule has 0 aliphatic heterocycles. The van der Waals surface area contributed by atoms with E-state index < -0.39 is 0 Å². The number of nitrogens with one attached hydrogen (secondary N) is 2. The van der Waals surface area contributed by atoms with Gasteiger partial charge in [-0.15, -0.1) is 0 Å². The first-order chi connectivity index (χ1) is 9.20. The van der Waals surface area contributed by atoms with Crippen LogP contribution in [-0.4, -0.2) is 27.5 Å². The van der Waals surface area contributed by atoms with Gasteiger partial charge in [-0.3, -0.25) is 14.2 Å². The number of aromatic amines is 1. The Labute approximate surface area is 108 Å². The van der Waals surface area contributed by atoms with Gasteiger partial charge < -0.3 is 10.3 Å². The standard InChI is InChI=1S/C13H12N4O2/c1-14-10(18)6-17-7-15-11-8-4-2-3-5-9(8)16-12(11)13(17)19/h2-5,7,16H,6H2,1H3,(H,14,18). The van der Waals surface area contributed by atoms with Crippen LogP contribution in [0, 0.1) is 0 Å². The number of benzene rings is 1. The molecule has 6 nitrogen and oxygen atoms in total. The number of para-hydroxylation sites is 1. The lowest BCUT2D eigenvalue weighted by Crippen LogP contribution is -2.30. The molecular formula is C13H12N4O2. The van der Waals surface area contributed by atoms with Crippen molar-refractivity contribution in [3.05, 3.63) is 40.9 Å². The Morgan fingerprint density at radius 3 is 3.00 bits per heavy atom. The van der Waals surface area contributed by atoms with Gasteiger partial charge in [0.15, 0.2) is 0 Å². The van der Waals surface area contributed by atoms with Crippen molar-refractivity contribution in [1.82, 2.24) is 19.9 Å². The Morgan fingerprint density at radius 1 is 1.42 bits per heavy atom. The van der Waals surface area contributed by atoms with Crippen LogP contribution in [0.2, 0.25) is 0 Å². The van der Waals surface area contributed by atoms with Gasteiger partial charge in [0.1, 0.15) is 17.6 Å². The second kappa shape index (κ2) is 4.24. The second-order valence-corrected chi connectivity index (χ2v) is 4.24. The van der Waals surface area contributed by atoms with Gasteiger partial charge in [0.25, 0.3) is 5.56 Å². The van der Waals surface area contributed by atoms with Crippen molar-refractivity contribution >= 4 is 27.8 Å². The molecule has 0 bridgehead atoms. The number of carbonyl (C=O) groups is 1. The minimum absolute atomic E-state index is 0.0341. The van der Waals surface area contributed by atoms with E-state index in [0.29, 0.717) is 11.0 Å². The highest BCUT2D eigenvalue weighted by Gasteiger charge is 2.11. The number of aromatic nitrogens is 3. The molecule has 0 saturated heterocycles. The van der Waals surface area contributed by atoms with E-state index in [1.165, 1.54) is 17.9 Å². The zero-order valence-electron chi connectivity index (χ0n) is 10.3. The summed E-state index contributed by atoms with van der Waals surface area (Å²) in [6, 6.07) is 7.58. The normalized spacial score (nSPS) is 11.0. The predicted molar refractivity (Wildman–Crippen MR) is 71.9 cm³/mol. The van der Waals surface area contributed by atoms with E-state index in [0.717, 1.165) is 10.9 Å². The average Bonchev–Trinajstić information content (AvgIpc) is 2.81.